The maximum absolute atomic E-state index is 3.97. The van der Waals surface area contributed by atoms with Gasteiger partial charge in [-0.1, -0.05) is 0 Å². The highest BCUT2D eigenvalue weighted by Crippen LogP contribution is 1.98. The maximum Gasteiger partial charge on any atom is 0.203 e. The number of hydrogen-bond acceptors (Lipinski definition) is 2. The van der Waals surface area contributed by atoms with Gasteiger partial charge in [0.05, 0.1) is 17.9 Å². The fourth-order valence-electron chi connectivity index (χ4n) is 1.06. The second-order valence-electron chi connectivity index (χ2n) is 2.66. The Bertz CT molecular complexity index is 355. The zero-order valence-corrected chi connectivity index (χ0v) is 8.77. The van der Waals surface area contributed by atoms with E-state index in [1.807, 2.05) is 6.20 Å². The molecule has 2 heterocycles. The topological polar surface area (TPSA) is 32.6 Å². The van der Waals surface area contributed by atoms with E-state index in [0.717, 1.165) is 12.2 Å². The number of hydrogen-bond donors (Lipinski definition) is 1. The largest absolute Gasteiger partial charge is 1.00 e. The lowest BCUT2D eigenvalue weighted by molar-refractivity contribution is -0.626. The fraction of sp³-hybridized carbons (Fsp3) is 0.250. The van der Waals surface area contributed by atoms with Crippen LogP contribution < -0.4 is 16.4 Å². The van der Waals surface area contributed by atoms with Crippen LogP contribution in [0.2, 0.25) is 0 Å². The van der Waals surface area contributed by atoms with Crippen molar-refractivity contribution in [3.63, 3.8) is 0 Å². The van der Waals surface area contributed by atoms with Crippen molar-refractivity contribution in [1.82, 2.24) is 9.97 Å². The van der Waals surface area contributed by atoms with Crippen LogP contribution in [0.3, 0.4) is 0 Å². The Labute approximate surface area is 87.0 Å². The highest BCUT2D eigenvalue weighted by atomic mass is 35.5. The van der Waals surface area contributed by atoms with Gasteiger partial charge in [-0.25, -0.2) is 4.98 Å². The molecule has 0 saturated heterocycles. The number of nitrogens with one attached hydrogen (secondary N) is 1. The van der Waals surface area contributed by atoms with Gasteiger partial charge in [0.2, 0.25) is 6.54 Å². The minimum absolute atomic E-state index is 0. The zero-order chi connectivity index (χ0) is 8.39. The fourth-order valence-corrected chi connectivity index (χ4v) is 1.90. The van der Waals surface area contributed by atoms with Crippen molar-refractivity contribution in [2.45, 2.75) is 13.5 Å². The van der Waals surface area contributed by atoms with Gasteiger partial charge in [-0.2, -0.15) is 0 Å². The Kier molecular flexibility index (Phi) is 3.45. The summed E-state index contributed by atoms with van der Waals surface area (Å²) in [6.07, 6.45) is 3.56. The number of aryl methyl sites for hydroxylation is 1. The first-order valence-corrected chi connectivity index (χ1v) is 4.61. The molecule has 0 fully saturated rings. The molecule has 0 atom stereocenters. The molecule has 3 nitrogen and oxygen atoms in total. The molecule has 2 rings (SSSR count). The summed E-state index contributed by atoms with van der Waals surface area (Å²) in [5, 5.41) is 2.09. The third-order valence-electron chi connectivity index (χ3n) is 1.76. The van der Waals surface area contributed by atoms with Gasteiger partial charge in [0.1, 0.15) is 17.2 Å². The van der Waals surface area contributed by atoms with Crippen LogP contribution in [0.4, 0.5) is 0 Å². The quantitative estimate of drug-likeness (QED) is 0.585. The summed E-state index contributed by atoms with van der Waals surface area (Å²) in [7, 11) is 0. The van der Waals surface area contributed by atoms with E-state index >= 15 is 0 Å². The minimum Gasteiger partial charge on any atom is -1.00 e. The van der Waals surface area contributed by atoms with Crippen LogP contribution >= 0.6 is 11.5 Å². The Morgan fingerprint density at radius 2 is 2.46 bits per heavy atom. The molecule has 0 aliphatic rings. The molecule has 0 radical (unpaired) electrons. The Morgan fingerprint density at radius 3 is 3.00 bits per heavy atom. The van der Waals surface area contributed by atoms with Crippen molar-refractivity contribution in [3.8, 4) is 0 Å². The lowest BCUT2D eigenvalue weighted by atomic mass is 10.4. The Hall–Kier alpha value is -0.870. The van der Waals surface area contributed by atoms with Gasteiger partial charge < -0.3 is 17.4 Å². The van der Waals surface area contributed by atoms with Gasteiger partial charge >= 0.3 is 0 Å². The highest BCUT2D eigenvalue weighted by molar-refractivity contribution is 6.99. The molecule has 0 saturated carbocycles. The monoisotopic (exact) mass is 215 g/mol. The van der Waals surface area contributed by atoms with Crippen LogP contribution in [-0.2, 0) is 6.54 Å². The first-order valence-electron chi connectivity index (χ1n) is 3.78. The first-order chi connectivity index (χ1) is 5.86. The number of halogens is 1. The molecule has 2 aromatic rings. The smallest absolute Gasteiger partial charge is 0.203 e. The summed E-state index contributed by atoms with van der Waals surface area (Å²) in [6.45, 7) is 3.00. The van der Waals surface area contributed by atoms with Crippen molar-refractivity contribution in [2.24, 2.45) is 0 Å². The van der Waals surface area contributed by atoms with Crippen molar-refractivity contribution >= 4 is 11.5 Å². The third kappa shape index (κ3) is 2.29. The number of aromatic nitrogens is 3. The summed E-state index contributed by atoms with van der Waals surface area (Å²) in [6, 6.07) is 2.11. The molecule has 0 aromatic carbocycles. The van der Waals surface area contributed by atoms with Gasteiger partial charge in [-0.15, -0.1) is 3.96 Å². The summed E-state index contributed by atoms with van der Waals surface area (Å²) >= 11 is 1.72. The predicted octanol–water partition coefficient (Wildman–Crippen LogP) is -1.88. The minimum atomic E-state index is 0. The third-order valence-corrected chi connectivity index (χ3v) is 2.69. The van der Waals surface area contributed by atoms with Crippen molar-refractivity contribution in [2.75, 3.05) is 0 Å². The van der Waals surface area contributed by atoms with Crippen molar-refractivity contribution < 1.29 is 16.4 Å². The predicted molar refractivity (Wildman–Crippen MR) is 46.9 cm³/mol. The summed E-state index contributed by atoms with van der Waals surface area (Å²) in [5.41, 5.74) is 2.43. The Morgan fingerprint density at radius 1 is 1.62 bits per heavy atom. The van der Waals surface area contributed by atoms with E-state index in [4.69, 9.17) is 0 Å². The molecular formula is C8H10ClN3S. The van der Waals surface area contributed by atoms with Gasteiger partial charge in [0, 0.05) is 13.0 Å². The number of nitrogens with zero attached hydrogens (tertiary/aromatic N) is 2. The molecule has 0 aliphatic heterocycles. The lowest BCUT2D eigenvalue weighted by Gasteiger charge is -1.88. The van der Waals surface area contributed by atoms with Crippen LogP contribution in [0.5, 0.6) is 0 Å². The van der Waals surface area contributed by atoms with Crippen LogP contribution in [0.25, 0.3) is 0 Å². The van der Waals surface area contributed by atoms with Crippen LogP contribution in [-0.4, -0.2) is 9.97 Å². The van der Waals surface area contributed by atoms with E-state index in [-0.39, 0.29) is 12.4 Å². The van der Waals surface area contributed by atoms with Crippen molar-refractivity contribution in [1.29, 1.82) is 0 Å². The molecule has 0 amide bonds. The molecule has 5 heteroatoms. The number of aromatic amines is 1. The highest BCUT2D eigenvalue weighted by Gasteiger charge is 2.08. The molecule has 0 spiro atoms. The second-order valence-corrected chi connectivity index (χ2v) is 3.59. The van der Waals surface area contributed by atoms with E-state index in [2.05, 4.69) is 32.3 Å². The van der Waals surface area contributed by atoms with E-state index < -0.39 is 0 Å². The van der Waals surface area contributed by atoms with Crippen molar-refractivity contribution in [3.05, 3.63) is 35.4 Å². The van der Waals surface area contributed by atoms with Gasteiger partial charge in [-0.3, -0.25) is 0 Å². The molecule has 0 aliphatic carbocycles. The van der Waals surface area contributed by atoms with Crippen LogP contribution in [0, 0.1) is 6.92 Å². The van der Waals surface area contributed by atoms with Gasteiger partial charge in [0.25, 0.3) is 0 Å². The van der Waals surface area contributed by atoms with Crippen LogP contribution in [0.15, 0.2) is 24.0 Å². The van der Waals surface area contributed by atoms with E-state index in [1.54, 1.807) is 17.9 Å². The lowest BCUT2D eigenvalue weighted by Crippen LogP contribution is -3.00. The number of imidazole rings is 1. The average Bonchev–Trinajstić information content (AvgIpc) is 2.65. The molecule has 13 heavy (non-hydrogen) atoms. The zero-order valence-electron chi connectivity index (χ0n) is 7.20. The second kappa shape index (κ2) is 4.39. The van der Waals surface area contributed by atoms with E-state index in [9.17, 15) is 0 Å². The van der Waals surface area contributed by atoms with Crippen LogP contribution in [0.1, 0.15) is 11.4 Å². The molecular weight excluding hydrogens is 206 g/mol. The summed E-state index contributed by atoms with van der Waals surface area (Å²) < 4.78 is 2.22. The molecule has 70 valence electrons. The maximum atomic E-state index is 3.97. The number of H-pyrrole nitrogens is 1. The summed E-state index contributed by atoms with van der Waals surface area (Å²) in [4.78, 5) is 7.05. The van der Waals surface area contributed by atoms with E-state index in [0.29, 0.717) is 0 Å². The SMILES string of the molecule is Cc1ccs[n+]1Cc1cnc[nH]1.[Cl-]. The average molecular weight is 216 g/mol. The summed E-state index contributed by atoms with van der Waals surface area (Å²) in [5.74, 6) is 0. The molecule has 2 aromatic heterocycles. The standard InChI is InChI=1S/C8H10N3S.ClH/c1-7-2-3-12-11(7)5-8-4-9-6-10-8;/h2-4,6H,5H2,1H3,(H,9,10);1H/q+1;/p-1. The van der Waals surface area contributed by atoms with Gasteiger partial charge in [0.15, 0.2) is 5.69 Å². The molecule has 0 unspecified atom stereocenters. The normalized spacial score (nSPS) is 9.62. The Balaban J connectivity index is 0.000000845. The number of rotatable bonds is 2. The molecule has 0 bridgehead atoms. The first kappa shape index (κ1) is 10.2. The molecule has 1 N–H and O–H groups in total. The van der Waals surface area contributed by atoms with E-state index in [1.165, 1.54) is 5.69 Å². The van der Waals surface area contributed by atoms with Gasteiger partial charge in [-0.05, 0) is 0 Å².